The Kier molecular flexibility index (Phi) is 6.74. The summed E-state index contributed by atoms with van der Waals surface area (Å²) in [6, 6.07) is 13.6. The highest BCUT2D eigenvalue weighted by molar-refractivity contribution is 7.12. The van der Waals surface area contributed by atoms with Crippen molar-refractivity contribution < 1.29 is 19.1 Å². The minimum atomic E-state index is -0.296. The third kappa shape index (κ3) is 5.28. The molecule has 1 heterocycles. The topological polar surface area (TPSA) is 76.7 Å². The van der Waals surface area contributed by atoms with Crippen molar-refractivity contribution in [3.8, 4) is 11.5 Å². The molecule has 3 rings (SSSR count). The summed E-state index contributed by atoms with van der Waals surface area (Å²) in [6.45, 7) is 0.284. The first-order valence-corrected chi connectivity index (χ1v) is 9.90. The largest absolute Gasteiger partial charge is 0.497 e. The number of carbonyl (C=O) groups excluding carboxylic acids is 2. The van der Waals surface area contributed by atoms with Gasteiger partial charge in [-0.2, -0.15) is 0 Å². The van der Waals surface area contributed by atoms with Gasteiger partial charge in [0.25, 0.3) is 11.8 Å². The van der Waals surface area contributed by atoms with Crippen molar-refractivity contribution in [2.45, 2.75) is 6.54 Å². The minimum Gasteiger partial charge on any atom is -0.497 e. The maximum Gasteiger partial charge on any atom is 0.265 e. The minimum absolute atomic E-state index is 0.275. The molecule has 29 heavy (non-hydrogen) atoms. The summed E-state index contributed by atoms with van der Waals surface area (Å²) in [6.07, 6.45) is 0. The van der Waals surface area contributed by atoms with Crippen LogP contribution >= 0.6 is 22.9 Å². The first-order chi connectivity index (χ1) is 14.0. The van der Waals surface area contributed by atoms with Gasteiger partial charge in [0.1, 0.15) is 11.5 Å². The van der Waals surface area contributed by atoms with Gasteiger partial charge in [-0.1, -0.05) is 17.7 Å². The lowest BCUT2D eigenvalue weighted by Gasteiger charge is -2.11. The quantitative estimate of drug-likeness (QED) is 0.574. The smallest absolute Gasteiger partial charge is 0.265 e. The summed E-state index contributed by atoms with van der Waals surface area (Å²) in [7, 11) is 3.13. The normalized spacial score (nSPS) is 10.3. The number of hydrogen-bond acceptors (Lipinski definition) is 5. The summed E-state index contributed by atoms with van der Waals surface area (Å²) in [5, 5.41) is 7.74. The number of carbonyl (C=O) groups is 2. The molecule has 0 saturated heterocycles. The Balaban J connectivity index is 1.70. The molecule has 0 aliphatic rings. The average molecular weight is 431 g/mol. The van der Waals surface area contributed by atoms with Crippen LogP contribution in [-0.2, 0) is 6.54 Å². The second-order valence-electron chi connectivity index (χ2n) is 6.03. The van der Waals surface area contributed by atoms with Crippen LogP contribution in [0.3, 0.4) is 0 Å². The molecule has 0 saturated carbocycles. The van der Waals surface area contributed by atoms with Crippen molar-refractivity contribution in [3.63, 3.8) is 0 Å². The van der Waals surface area contributed by atoms with Gasteiger partial charge in [0.2, 0.25) is 0 Å². The molecule has 8 heteroatoms. The molecule has 0 aliphatic heterocycles. The van der Waals surface area contributed by atoms with E-state index >= 15 is 0 Å². The Hall–Kier alpha value is -3.03. The zero-order valence-corrected chi connectivity index (χ0v) is 17.4. The highest BCUT2D eigenvalue weighted by Gasteiger charge is 2.13. The zero-order chi connectivity index (χ0) is 20.8. The fourth-order valence-corrected chi connectivity index (χ4v) is 3.39. The van der Waals surface area contributed by atoms with Gasteiger partial charge in [-0.05, 0) is 47.3 Å². The fourth-order valence-electron chi connectivity index (χ4n) is 2.61. The third-order valence-corrected chi connectivity index (χ3v) is 5.28. The van der Waals surface area contributed by atoms with E-state index in [-0.39, 0.29) is 18.4 Å². The van der Waals surface area contributed by atoms with E-state index in [1.807, 2.05) is 17.5 Å². The molecule has 3 aromatic rings. The molecule has 2 N–H and O–H groups in total. The molecule has 2 amide bonds. The van der Waals surface area contributed by atoms with E-state index in [0.29, 0.717) is 32.6 Å². The summed E-state index contributed by atoms with van der Waals surface area (Å²) in [4.78, 5) is 25.4. The monoisotopic (exact) mass is 430 g/mol. The molecule has 0 fully saturated rings. The molecule has 150 valence electrons. The summed E-state index contributed by atoms with van der Waals surface area (Å²) in [5.74, 6) is 0.704. The van der Waals surface area contributed by atoms with Gasteiger partial charge in [-0.3, -0.25) is 9.59 Å². The molecular weight excluding hydrogens is 412 g/mol. The molecular formula is C21H19ClN2O4S. The number of nitrogens with one attached hydrogen (secondary N) is 2. The molecule has 0 atom stereocenters. The number of thiophene rings is 1. The standard InChI is InChI=1S/C21H19ClN2O4S/c1-27-15-8-13(9-16(11-15)28-2)12-23-20(25)14-5-6-17(22)18(10-14)24-21(26)19-4-3-7-29-19/h3-11H,12H2,1-2H3,(H,23,25)(H,24,26). The lowest BCUT2D eigenvalue weighted by Crippen LogP contribution is -2.23. The van der Waals surface area contributed by atoms with Crippen molar-refractivity contribution in [2.75, 3.05) is 19.5 Å². The summed E-state index contributed by atoms with van der Waals surface area (Å²) in [5.41, 5.74) is 1.58. The molecule has 6 nitrogen and oxygen atoms in total. The zero-order valence-electron chi connectivity index (χ0n) is 15.8. The van der Waals surface area contributed by atoms with Gasteiger partial charge in [-0.15, -0.1) is 11.3 Å². The highest BCUT2D eigenvalue weighted by Crippen LogP contribution is 2.25. The van der Waals surface area contributed by atoms with E-state index in [9.17, 15) is 9.59 Å². The van der Waals surface area contributed by atoms with Crippen LogP contribution < -0.4 is 20.1 Å². The molecule has 0 radical (unpaired) electrons. The predicted octanol–water partition coefficient (Wildman–Crippen LogP) is 4.60. The van der Waals surface area contributed by atoms with E-state index in [1.165, 1.54) is 11.3 Å². The Bertz CT molecular complexity index is 999. The van der Waals surface area contributed by atoms with Crippen LogP contribution in [0, 0.1) is 0 Å². The number of methoxy groups -OCH3 is 2. The van der Waals surface area contributed by atoms with Crippen molar-refractivity contribution in [2.24, 2.45) is 0 Å². The second kappa shape index (κ2) is 9.45. The molecule has 1 aromatic heterocycles. The Morgan fingerprint density at radius 3 is 2.34 bits per heavy atom. The van der Waals surface area contributed by atoms with Crippen molar-refractivity contribution in [1.82, 2.24) is 5.32 Å². The van der Waals surface area contributed by atoms with E-state index < -0.39 is 0 Å². The SMILES string of the molecule is COc1cc(CNC(=O)c2ccc(Cl)c(NC(=O)c3cccs3)c2)cc(OC)c1. The van der Waals surface area contributed by atoms with Crippen molar-refractivity contribution in [1.29, 1.82) is 0 Å². The van der Waals surface area contributed by atoms with Crippen molar-refractivity contribution >= 4 is 40.4 Å². The lowest BCUT2D eigenvalue weighted by atomic mass is 10.1. The van der Waals surface area contributed by atoms with Crippen LogP contribution in [0.2, 0.25) is 5.02 Å². The third-order valence-electron chi connectivity index (χ3n) is 4.09. The highest BCUT2D eigenvalue weighted by atomic mass is 35.5. The molecule has 0 bridgehead atoms. The number of anilines is 1. The number of benzene rings is 2. The predicted molar refractivity (Wildman–Crippen MR) is 114 cm³/mol. The number of rotatable bonds is 7. The first kappa shape index (κ1) is 20.7. The van der Waals surface area contributed by atoms with Crippen LogP contribution in [0.15, 0.2) is 53.9 Å². The number of halogens is 1. The second-order valence-corrected chi connectivity index (χ2v) is 7.38. The maximum atomic E-state index is 12.6. The Morgan fingerprint density at radius 2 is 1.72 bits per heavy atom. The fraction of sp³-hybridized carbons (Fsp3) is 0.143. The number of hydrogen-bond donors (Lipinski definition) is 2. The maximum absolute atomic E-state index is 12.6. The molecule has 0 spiro atoms. The molecule has 0 unspecified atom stereocenters. The van der Waals surface area contributed by atoms with Crippen LogP contribution in [0.25, 0.3) is 0 Å². The van der Waals surface area contributed by atoms with Gasteiger partial charge < -0.3 is 20.1 Å². The molecule has 2 aromatic carbocycles. The summed E-state index contributed by atoms with van der Waals surface area (Å²) < 4.78 is 10.5. The average Bonchev–Trinajstić information content (AvgIpc) is 3.28. The summed E-state index contributed by atoms with van der Waals surface area (Å²) >= 11 is 7.50. The van der Waals surface area contributed by atoms with E-state index in [0.717, 1.165) is 5.56 Å². The first-order valence-electron chi connectivity index (χ1n) is 8.64. The van der Waals surface area contributed by atoms with Crippen molar-refractivity contribution in [3.05, 3.63) is 74.9 Å². The van der Waals surface area contributed by atoms with Gasteiger partial charge in [-0.25, -0.2) is 0 Å². The number of ether oxygens (including phenoxy) is 2. The van der Waals surface area contributed by atoms with E-state index in [2.05, 4.69) is 10.6 Å². The van der Waals surface area contributed by atoms with Gasteiger partial charge in [0.15, 0.2) is 0 Å². The Labute approximate surface area is 177 Å². The Morgan fingerprint density at radius 1 is 1.00 bits per heavy atom. The lowest BCUT2D eigenvalue weighted by molar-refractivity contribution is 0.0949. The van der Waals surface area contributed by atoms with Crippen LogP contribution in [0.4, 0.5) is 5.69 Å². The van der Waals surface area contributed by atoms with Crippen LogP contribution in [0.5, 0.6) is 11.5 Å². The number of amides is 2. The van der Waals surface area contributed by atoms with E-state index in [1.54, 1.807) is 50.6 Å². The van der Waals surface area contributed by atoms with Gasteiger partial charge >= 0.3 is 0 Å². The van der Waals surface area contributed by atoms with Crippen LogP contribution in [-0.4, -0.2) is 26.0 Å². The van der Waals surface area contributed by atoms with E-state index in [4.69, 9.17) is 21.1 Å². The van der Waals surface area contributed by atoms with Gasteiger partial charge in [0.05, 0.1) is 29.8 Å². The van der Waals surface area contributed by atoms with Crippen LogP contribution in [0.1, 0.15) is 25.6 Å². The van der Waals surface area contributed by atoms with Gasteiger partial charge in [0, 0.05) is 18.2 Å². The molecule has 0 aliphatic carbocycles.